The number of hydrogen-bond donors (Lipinski definition) is 0. The van der Waals surface area contributed by atoms with Crippen LogP contribution in [0.1, 0.15) is 52.0 Å². The van der Waals surface area contributed by atoms with Crippen molar-refractivity contribution in [2.45, 2.75) is 46.5 Å². The Hall–Kier alpha value is -2.08. The van der Waals surface area contributed by atoms with E-state index in [1.807, 2.05) is 18.2 Å². The molecule has 0 bridgehead atoms. The Morgan fingerprint density at radius 3 is 2.15 bits per heavy atom. The van der Waals surface area contributed by atoms with E-state index in [9.17, 15) is 9.59 Å². The molecule has 1 aromatic rings. The minimum absolute atomic E-state index is 0.221. The number of para-hydroxylation sites is 1. The lowest BCUT2D eigenvalue weighted by Crippen LogP contribution is -2.29. The first-order chi connectivity index (χ1) is 13.0. The SMILES string of the molecule is CCOC(=O)C(CCOCCOc1ccccc1[C@H](C)CC)C(=O)OCC. The number of carbonyl (C=O) groups is 2. The summed E-state index contributed by atoms with van der Waals surface area (Å²) in [5, 5.41) is 0. The summed E-state index contributed by atoms with van der Waals surface area (Å²) in [6.45, 7) is 9.18. The quantitative estimate of drug-likeness (QED) is 0.295. The number of esters is 2. The third kappa shape index (κ3) is 7.99. The minimum Gasteiger partial charge on any atom is -0.491 e. The fourth-order valence-corrected chi connectivity index (χ4v) is 2.57. The van der Waals surface area contributed by atoms with Gasteiger partial charge in [-0.3, -0.25) is 9.59 Å². The summed E-state index contributed by atoms with van der Waals surface area (Å²) in [7, 11) is 0. The van der Waals surface area contributed by atoms with E-state index in [1.54, 1.807) is 13.8 Å². The molecule has 1 aromatic carbocycles. The molecule has 0 spiro atoms. The fraction of sp³-hybridized carbons (Fsp3) is 0.619. The highest BCUT2D eigenvalue weighted by molar-refractivity contribution is 5.94. The third-order valence-electron chi connectivity index (χ3n) is 4.24. The van der Waals surface area contributed by atoms with Gasteiger partial charge in [-0.2, -0.15) is 0 Å². The van der Waals surface area contributed by atoms with E-state index < -0.39 is 17.9 Å². The van der Waals surface area contributed by atoms with Crippen LogP contribution in [0, 0.1) is 5.92 Å². The van der Waals surface area contributed by atoms with Crippen LogP contribution in [0.4, 0.5) is 0 Å². The van der Waals surface area contributed by atoms with Gasteiger partial charge in [0.1, 0.15) is 12.4 Å². The Balaban J connectivity index is 2.40. The maximum atomic E-state index is 11.9. The molecule has 1 rings (SSSR count). The van der Waals surface area contributed by atoms with Crippen LogP contribution in [0.25, 0.3) is 0 Å². The standard InChI is InChI=1S/C21H32O6/c1-5-16(4)17-10-8-9-11-19(17)27-15-14-24-13-12-18(20(22)25-6-2)21(23)26-7-3/h8-11,16,18H,5-7,12-15H2,1-4H3/t16-/m1/s1. The number of rotatable bonds is 13. The van der Waals surface area contributed by atoms with Gasteiger partial charge in [0, 0.05) is 6.61 Å². The van der Waals surface area contributed by atoms with Crippen LogP contribution in [0.2, 0.25) is 0 Å². The lowest BCUT2D eigenvalue weighted by atomic mass is 9.98. The van der Waals surface area contributed by atoms with Crippen molar-refractivity contribution in [3.8, 4) is 5.75 Å². The number of hydrogen-bond acceptors (Lipinski definition) is 6. The smallest absolute Gasteiger partial charge is 0.320 e. The molecule has 0 aliphatic heterocycles. The van der Waals surface area contributed by atoms with Gasteiger partial charge in [0.15, 0.2) is 5.92 Å². The summed E-state index contributed by atoms with van der Waals surface area (Å²) >= 11 is 0. The molecule has 0 unspecified atom stereocenters. The van der Waals surface area contributed by atoms with E-state index in [0.29, 0.717) is 19.1 Å². The van der Waals surface area contributed by atoms with Gasteiger partial charge in [-0.05, 0) is 44.2 Å². The van der Waals surface area contributed by atoms with E-state index >= 15 is 0 Å². The Labute approximate surface area is 162 Å². The van der Waals surface area contributed by atoms with Gasteiger partial charge in [-0.15, -0.1) is 0 Å². The first-order valence-corrected chi connectivity index (χ1v) is 9.67. The molecule has 0 heterocycles. The Morgan fingerprint density at radius 1 is 0.926 bits per heavy atom. The van der Waals surface area contributed by atoms with Crippen LogP contribution in [0.3, 0.4) is 0 Å². The molecule has 0 saturated heterocycles. The summed E-state index contributed by atoms with van der Waals surface area (Å²) in [6, 6.07) is 7.99. The summed E-state index contributed by atoms with van der Waals surface area (Å²) < 4.78 is 21.2. The van der Waals surface area contributed by atoms with Crippen LogP contribution >= 0.6 is 0 Å². The average Bonchev–Trinajstić information content (AvgIpc) is 2.67. The monoisotopic (exact) mass is 380 g/mol. The molecule has 0 N–H and O–H groups in total. The second kappa shape index (κ2) is 13.1. The van der Waals surface area contributed by atoms with Crippen molar-refractivity contribution in [1.29, 1.82) is 0 Å². The van der Waals surface area contributed by atoms with Crippen LogP contribution in [-0.4, -0.2) is 45.0 Å². The first-order valence-electron chi connectivity index (χ1n) is 9.67. The number of benzene rings is 1. The van der Waals surface area contributed by atoms with Crippen LogP contribution in [0.15, 0.2) is 24.3 Å². The highest BCUT2D eigenvalue weighted by atomic mass is 16.6. The maximum absolute atomic E-state index is 11.9. The molecule has 0 aliphatic rings. The molecule has 1 atom stereocenters. The van der Waals surface area contributed by atoms with Gasteiger partial charge >= 0.3 is 11.9 Å². The molecule has 6 heteroatoms. The zero-order chi connectivity index (χ0) is 20.1. The first kappa shape index (κ1) is 23.0. The van der Waals surface area contributed by atoms with Gasteiger partial charge in [0.25, 0.3) is 0 Å². The molecule has 0 aliphatic carbocycles. The summed E-state index contributed by atoms with van der Waals surface area (Å²) in [5.41, 5.74) is 1.18. The third-order valence-corrected chi connectivity index (χ3v) is 4.24. The predicted octanol–water partition coefficient (Wildman–Crippen LogP) is 3.73. The number of ether oxygens (including phenoxy) is 4. The molecule has 0 fully saturated rings. The Morgan fingerprint density at radius 2 is 1.56 bits per heavy atom. The molecule has 0 saturated carbocycles. The molecular formula is C21H32O6. The topological polar surface area (TPSA) is 71.1 Å². The van der Waals surface area contributed by atoms with Crippen molar-refractivity contribution < 1.29 is 28.5 Å². The molecular weight excluding hydrogens is 348 g/mol. The minimum atomic E-state index is -0.947. The average molecular weight is 380 g/mol. The second-order valence-electron chi connectivity index (χ2n) is 6.15. The van der Waals surface area contributed by atoms with Gasteiger partial charge in [-0.25, -0.2) is 0 Å². The molecule has 0 aromatic heterocycles. The Bertz CT molecular complexity index is 554. The van der Waals surface area contributed by atoms with Gasteiger partial charge in [0.05, 0.1) is 19.8 Å². The molecule has 0 amide bonds. The second-order valence-corrected chi connectivity index (χ2v) is 6.15. The lowest BCUT2D eigenvalue weighted by Gasteiger charge is -2.16. The normalized spacial score (nSPS) is 11.9. The van der Waals surface area contributed by atoms with Gasteiger partial charge < -0.3 is 18.9 Å². The van der Waals surface area contributed by atoms with Crippen molar-refractivity contribution in [2.24, 2.45) is 5.92 Å². The Kier molecular flexibility index (Phi) is 11.2. The summed E-state index contributed by atoms with van der Waals surface area (Å²) in [4.78, 5) is 23.8. The number of carbonyl (C=O) groups excluding carboxylic acids is 2. The predicted molar refractivity (Wildman–Crippen MR) is 103 cm³/mol. The van der Waals surface area contributed by atoms with Gasteiger partial charge in [0.2, 0.25) is 0 Å². The zero-order valence-corrected chi connectivity index (χ0v) is 16.9. The molecule has 6 nitrogen and oxygen atoms in total. The summed E-state index contributed by atoms with van der Waals surface area (Å²) in [5.74, 6) is -0.795. The van der Waals surface area contributed by atoms with Crippen molar-refractivity contribution in [2.75, 3.05) is 33.0 Å². The van der Waals surface area contributed by atoms with E-state index in [1.165, 1.54) is 5.56 Å². The van der Waals surface area contributed by atoms with Crippen molar-refractivity contribution in [3.05, 3.63) is 29.8 Å². The van der Waals surface area contributed by atoms with Crippen LogP contribution in [0.5, 0.6) is 5.75 Å². The summed E-state index contributed by atoms with van der Waals surface area (Å²) in [6.07, 6.45) is 1.26. The molecule has 27 heavy (non-hydrogen) atoms. The molecule has 0 radical (unpaired) electrons. The van der Waals surface area contributed by atoms with Crippen LogP contribution in [-0.2, 0) is 23.8 Å². The van der Waals surface area contributed by atoms with Gasteiger partial charge in [-0.1, -0.05) is 32.0 Å². The van der Waals surface area contributed by atoms with E-state index in [-0.39, 0.29) is 26.2 Å². The lowest BCUT2D eigenvalue weighted by molar-refractivity contribution is -0.162. The zero-order valence-electron chi connectivity index (χ0n) is 16.9. The van der Waals surface area contributed by atoms with Crippen molar-refractivity contribution in [1.82, 2.24) is 0 Å². The van der Waals surface area contributed by atoms with Crippen molar-refractivity contribution in [3.63, 3.8) is 0 Å². The van der Waals surface area contributed by atoms with Crippen molar-refractivity contribution >= 4 is 11.9 Å². The fourth-order valence-electron chi connectivity index (χ4n) is 2.57. The largest absolute Gasteiger partial charge is 0.491 e. The van der Waals surface area contributed by atoms with Crippen LogP contribution < -0.4 is 4.74 Å². The van der Waals surface area contributed by atoms with E-state index in [2.05, 4.69) is 19.9 Å². The maximum Gasteiger partial charge on any atom is 0.320 e. The highest BCUT2D eigenvalue weighted by Gasteiger charge is 2.29. The van der Waals surface area contributed by atoms with E-state index in [0.717, 1.165) is 12.2 Å². The highest BCUT2D eigenvalue weighted by Crippen LogP contribution is 2.28. The van der Waals surface area contributed by atoms with E-state index in [4.69, 9.17) is 18.9 Å². The molecule has 152 valence electrons.